The molecule has 0 aliphatic heterocycles. The molecule has 0 aliphatic carbocycles. The first-order valence-electron chi connectivity index (χ1n) is 5.42. The Kier molecular flexibility index (Phi) is 4.36. The molecule has 18 heavy (non-hydrogen) atoms. The molecule has 0 aliphatic rings. The third-order valence-electron chi connectivity index (χ3n) is 2.38. The van der Waals surface area contributed by atoms with Crippen molar-refractivity contribution in [3.8, 4) is 5.75 Å². The highest BCUT2D eigenvalue weighted by molar-refractivity contribution is 9.10. The van der Waals surface area contributed by atoms with Gasteiger partial charge in [-0.25, -0.2) is 0 Å². The molecule has 0 atom stereocenters. The summed E-state index contributed by atoms with van der Waals surface area (Å²) in [6, 6.07) is 15.3. The molecular weight excluding hydrogens is 294 g/mol. The average Bonchev–Trinajstić information content (AvgIpc) is 2.39. The minimum absolute atomic E-state index is 0.507. The Balaban J connectivity index is 2.01. The van der Waals surface area contributed by atoms with Gasteiger partial charge in [-0.3, -0.25) is 0 Å². The average molecular weight is 306 g/mol. The van der Waals surface area contributed by atoms with E-state index >= 15 is 0 Å². The van der Waals surface area contributed by atoms with Crippen LogP contribution in [0.2, 0.25) is 0 Å². The maximum Gasteiger partial charge on any atom is 0.120 e. The van der Waals surface area contributed by atoms with Crippen LogP contribution in [-0.4, -0.2) is 11.4 Å². The van der Waals surface area contributed by atoms with E-state index in [9.17, 15) is 0 Å². The van der Waals surface area contributed by atoms with Crippen LogP contribution in [0, 0.1) is 0 Å². The first-order valence-corrected chi connectivity index (χ1v) is 6.22. The molecule has 2 rings (SSSR count). The third kappa shape index (κ3) is 3.60. The molecule has 0 saturated heterocycles. The van der Waals surface area contributed by atoms with Crippen molar-refractivity contribution in [1.29, 1.82) is 0 Å². The largest absolute Gasteiger partial charge is 0.489 e. The minimum Gasteiger partial charge on any atom is -0.489 e. The lowest BCUT2D eigenvalue weighted by atomic mass is 10.2. The fraction of sp³-hybridized carbons (Fsp3) is 0.0714. The number of oxime groups is 1. The number of benzene rings is 2. The van der Waals surface area contributed by atoms with E-state index in [-0.39, 0.29) is 0 Å². The van der Waals surface area contributed by atoms with Gasteiger partial charge in [-0.15, -0.1) is 0 Å². The topological polar surface area (TPSA) is 41.8 Å². The molecule has 0 unspecified atom stereocenters. The van der Waals surface area contributed by atoms with Crippen LogP contribution in [0.1, 0.15) is 11.1 Å². The van der Waals surface area contributed by atoms with E-state index < -0.39 is 0 Å². The van der Waals surface area contributed by atoms with Crippen molar-refractivity contribution < 1.29 is 9.94 Å². The first kappa shape index (κ1) is 12.6. The molecule has 0 aromatic heterocycles. The van der Waals surface area contributed by atoms with Crippen LogP contribution in [0.3, 0.4) is 0 Å². The molecule has 0 fully saturated rings. The zero-order valence-corrected chi connectivity index (χ0v) is 11.2. The van der Waals surface area contributed by atoms with Crippen molar-refractivity contribution in [2.75, 3.05) is 0 Å². The van der Waals surface area contributed by atoms with Gasteiger partial charge in [-0.2, -0.15) is 0 Å². The summed E-state index contributed by atoms with van der Waals surface area (Å²) in [7, 11) is 0. The summed E-state index contributed by atoms with van der Waals surface area (Å²) in [5.41, 5.74) is 1.89. The smallest absolute Gasteiger partial charge is 0.120 e. The Bertz CT molecular complexity index is 538. The maximum atomic E-state index is 8.47. The molecule has 0 amide bonds. The molecule has 0 saturated carbocycles. The van der Waals surface area contributed by atoms with Gasteiger partial charge < -0.3 is 9.94 Å². The molecule has 2 aromatic rings. The molecule has 2 aromatic carbocycles. The monoisotopic (exact) mass is 305 g/mol. The zero-order valence-electron chi connectivity index (χ0n) is 9.58. The van der Waals surface area contributed by atoms with Crippen molar-refractivity contribution in [1.82, 2.24) is 0 Å². The first-order chi connectivity index (χ1) is 8.78. The van der Waals surface area contributed by atoms with Gasteiger partial charge in [0.1, 0.15) is 12.4 Å². The summed E-state index contributed by atoms with van der Waals surface area (Å²) < 4.78 is 6.71. The van der Waals surface area contributed by atoms with E-state index in [1.807, 2.05) is 48.5 Å². The van der Waals surface area contributed by atoms with Crippen LogP contribution in [0.4, 0.5) is 0 Å². The van der Waals surface area contributed by atoms with Crippen LogP contribution in [0.15, 0.2) is 58.2 Å². The summed E-state index contributed by atoms with van der Waals surface area (Å²) >= 11 is 3.39. The number of hydrogen-bond donors (Lipinski definition) is 1. The van der Waals surface area contributed by atoms with Crippen molar-refractivity contribution in [2.24, 2.45) is 5.16 Å². The summed E-state index contributed by atoms with van der Waals surface area (Å²) in [6.07, 6.45) is 1.37. The molecule has 3 nitrogen and oxygen atoms in total. The SMILES string of the molecule is O/N=C/c1cccc(OCc2ccc(Br)cc2)c1. The standard InChI is InChI=1S/C14H12BrNO2/c15-13-6-4-11(5-7-13)10-18-14-3-1-2-12(8-14)9-16-17/h1-9,17H,10H2/b16-9+. The Morgan fingerprint density at radius 3 is 2.67 bits per heavy atom. The minimum atomic E-state index is 0.507. The second-order valence-corrected chi connectivity index (χ2v) is 4.65. The van der Waals surface area contributed by atoms with Crippen LogP contribution in [-0.2, 0) is 6.61 Å². The number of rotatable bonds is 4. The summed E-state index contributed by atoms with van der Waals surface area (Å²) in [6.45, 7) is 0.507. The van der Waals surface area contributed by atoms with Crippen molar-refractivity contribution in [3.05, 3.63) is 64.1 Å². The fourth-order valence-corrected chi connectivity index (χ4v) is 1.76. The van der Waals surface area contributed by atoms with E-state index in [0.717, 1.165) is 21.3 Å². The quantitative estimate of drug-likeness (QED) is 0.530. The van der Waals surface area contributed by atoms with Gasteiger partial charge in [0, 0.05) is 4.47 Å². The number of ether oxygens (including phenoxy) is 1. The van der Waals surface area contributed by atoms with E-state index in [1.165, 1.54) is 6.21 Å². The van der Waals surface area contributed by atoms with Gasteiger partial charge in [-0.1, -0.05) is 45.4 Å². The van der Waals surface area contributed by atoms with Gasteiger partial charge >= 0.3 is 0 Å². The van der Waals surface area contributed by atoms with Crippen molar-refractivity contribution in [3.63, 3.8) is 0 Å². The number of halogens is 1. The molecule has 0 radical (unpaired) electrons. The number of hydrogen-bond acceptors (Lipinski definition) is 3. The van der Waals surface area contributed by atoms with Gasteiger partial charge in [0.15, 0.2) is 0 Å². The summed E-state index contributed by atoms with van der Waals surface area (Å²) in [5.74, 6) is 0.746. The summed E-state index contributed by atoms with van der Waals surface area (Å²) in [5, 5.41) is 11.5. The predicted molar refractivity (Wildman–Crippen MR) is 74.3 cm³/mol. The predicted octanol–water partition coefficient (Wildman–Crippen LogP) is 3.84. The van der Waals surface area contributed by atoms with E-state index in [1.54, 1.807) is 0 Å². The van der Waals surface area contributed by atoms with E-state index in [4.69, 9.17) is 9.94 Å². The zero-order chi connectivity index (χ0) is 12.8. The molecule has 92 valence electrons. The Labute approximate surface area is 114 Å². The lowest BCUT2D eigenvalue weighted by Gasteiger charge is -2.06. The lowest BCUT2D eigenvalue weighted by molar-refractivity contribution is 0.306. The third-order valence-corrected chi connectivity index (χ3v) is 2.91. The molecule has 0 bridgehead atoms. The molecule has 1 N–H and O–H groups in total. The Morgan fingerprint density at radius 2 is 1.94 bits per heavy atom. The lowest BCUT2D eigenvalue weighted by Crippen LogP contribution is -1.95. The maximum absolute atomic E-state index is 8.47. The second kappa shape index (κ2) is 6.21. The second-order valence-electron chi connectivity index (χ2n) is 3.73. The molecule has 0 spiro atoms. The normalized spacial score (nSPS) is 10.7. The Hall–Kier alpha value is -1.81. The van der Waals surface area contributed by atoms with Crippen LogP contribution >= 0.6 is 15.9 Å². The van der Waals surface area contributed by atoms with E-state index in [0.29, 0.717) is 6.61 Å². The van der Waals surface area contributed by atoms with Crippen LogP contribution < -0.4 is 4.74 Å². The molecule has 0 heterocycles. The van der Waals surface area contributed by atoms with Crippen molar-refractivity contribution >= 4 is 22.1 Å². The van der Waals surface area contributed by atoms with E-state index in [2.05, 4.69) is 21.1 Å². The Morgan fingerprint density at radius 1 is 1.17 bits per heavy atom. The highest BCUT2D eigenvalue weighted by atomic mass is 79.9. The fourth-order valence-electron chi connectivity index (χ4n) is 1.50. The van der Waals surface area contributed by atoms with Crippen molar-refractivity contribution in [2.45, 2.75) is 6.61 Å². The van der Waals surface area contributed by atoms with Gasteiger partial charge in [0.05, 0.1) is 6.21 Å². The van der Waals surface area contributed by atoms with Crippen LogP contribution in [0.5, 0.6) is 5.75 Å². The summed E-state index contributed by atoms with van der Waals surface area (Å²) in [4.78, 5) is 0. The van der Waals surface area contributed by atoms with Crippen LogP contribution in [0.25, 0.3) is 0 Å². The molecule has 4 heteroatoms. The highest BCUT2D eigenvalue weighted by Gasteiger charge is 1.97. The number of nitrogens with zero attached hydrogens (tertiary/aromatic N) is 1. The molecular formula is C14H12BrNO2. The van der Waals surface area contributed by atoms with Gasteiger partial charge in [0.25, 0.3) is 0 Å². The highest BCUT2D eigenvalue weighted by Crippen LogP contribution is 2.15. The van der Waals surface area contributed by atoms with Gasteiger partial charge in [-0.05, 0) is 35.4 Å². The van der Waals surface area contributed by atoms with Gasteiger partial charge in [0.2, 0.25) is 0 Å².